The molecule has 162 valence electrons. The van der Waals surface area contributed by atoms with E-state index in [1.165, 1.54) is 55.1 Å². The number of hydrogen-bond acceptors (Lipinski definition) is 1. The Kier molecular flexibility index (Phi) is 4.35. The Bertz CT molecular complexity index is 1580. The van der Waals surface area contributed by atoms with Crippen LogP contribution in [0.5, 0.6) is 11.5 Å². The monoisotopic (exact) mass is 430 g/mol. The molecule has 0 bridgehead atoms. The summed E-state index contributed by atoms with van der Waals surface area (Å²) in [6, 6.07) is 26.3. The summed E-state index contributed by atoms with van der Waals surface area (Å²) in [5.41, 5.74) is 10.0. The highest BCUT2D eigenvalue weighted by atomic mass is 16.5. The van der Waals surface area contributed by atoms with E-state index >= 15 is 0 Å². The molecule has 0 saturated carbocycles. The highest BCUT2D eigenvalue weighted by Crippen LogP contribution is 2.49. The lowest BCUT2D eigenvalue weighted by Gasteiger charge is -2.24. The number of rotatable bonds is 2. The van der Waals surface area contributed by atoms with Crippen LogP contribution < -0.4 is 9.30 Å². The first-order valence-corrected chi connectivity index (χ1v) is 11.7. The van der Waals surface area contributed by atoms with E-state index in [4.69, 9.17) is 4.74 Å². The minimum atomic E-state index is 0.443. The molecule has 0 unspecified atom stereocenters. The van der Waals surface area contributed by atoms with Gasteiger partial charge in [0.15, 0.2) is 5.75 Å². The van der Waals surface area contributed by atoms with Crippen LogP contribution in [0, 0.1) is 13.8 Å². The maximum atomic E-state index is 6.69. The van der Waals surface area contributed by atoms with Crippen LogP contribution in [0.25, 0.3) is 44.1 Å². The van der Waals surface area contributed by atoms with Crippen LogP contribution in [0.3, 0.4) is 0 Å². The van der Waals surface area contributed by atoms with Crippen molar-refractivity contribution in [2.24, 2.45) is 7.05 Å². The molecule has 2 nitrogen and oxygen atoms in total. The zero-order valence-electron chi connectivity index (χ0n) is 19.9. The predicted molar refractivity (Wildman–Crippen MR) is 137 cm³/mol. The van der Waals surface area contributed by atoms with Crippen LogP contribution in [-0.2, 0) is 7.05 Å². The van der Waals surface area contributed by atoms with Gasteiger partial charge >= 0.3 is 0 Å². The van der Waals surface area contributed by atoms with Gasteiger partial charge in [0.25, 0.3) is 5.69 Å². The molecular formula is C31H28NO+. The SMILES string of the molecule is Cc1cc2cc(C(C)C)cc3c2c(c1C)-c1c(cc2c(-c4ccccc4)cccc2[n+]1C)O3. The van der Waals surface area contributed by atoms with E-state index in [1.807, 2.05) is 0 Å². The lowest BCUT2D eigenvalue weighted by atomic mass is 9.88. The van der Waals surface area contributed by atoms with Gasteiger partial charge in [-0.1, -0.05) is 68.4 Å². The maximum absolute atomic E-state index is 6.69. The molecule has 0 spiro atoms. The molecule has 6 rings (SSSR count). The van der Waals surface area contributed by atoms with E-state index in [-0.39, 0.29) is 0 Å². The molecule has 0 radical (unpaired) electrons. The number of aromatic nitrogens is 1. The van der Waals surface area contributed by atoms with Gasteiger partial charge in [-0.05, 0) is 59.0 Å². The molecule has 4 aromatic carbocycles. The van der Waals surface area contributed by atoms with E-state index in [1.54, 1.807) is 0 Å². The maximum Gasteiger partial charge on any atom is 0.256 e. The fourth-order valence-corrected chi connectivity index (χ4v) is 5.32. The van der Waals surface area contributed by atoms with Crippen molar-refractivity contribution >= 4 is 21.7 Å². The van der Waals surface area contributed by atoms with Gasteiger partial charge in [0.1, 0.15) is 12.8 Å². The van der Waals surface area contributed by atoms with Crippen molar-refractivity contribution in [3.05, 3.63) is 89.5 Å². The Labute approximate surface area is 195 Å². The molecule has 1 aliphatic rings. The Morgan fingerprint density at radius 3 is 2.36 bits per heavy atom. The summed E-state index contributed by atoms with van der Waals surface area (Å²) in [7, 11) is 2.17. The molecule has 33 heavy (non-hydrogen) atoms. The fourth-order valence-electron chi connectivity index (χ4n) is 5.32. The zero-order chi connectivity index (χ0) is 22.9. The molecule has 1 aromatic heterocycles. The van der Waals surface area contributed by atoms with Gasteiger partial charge in [0.05, 0.1) is 10.9 Å². The molecule has 0 atom stereocenters. The molecule has 0 saturated heterocycles. The number of benzene rings is 4. The van der Waals surface area contributed by atoms with Crippen molar-refractivity contribution < 1.29 is 9.30 Å². The summed E-state index contributed by atoms with van der Waals surface area (Å²) in [6.07, 6.45) is 0. The second-order valence-electron chi connectivity index (χ2n) is 9.59. The zero-order valence-corrected chi connectivity index (χ0v) is 19.9. The van der Waals surface area contributed by atoms with Crippen molar-refractivity contribution in [3.8, 4) is 33.9 Å². The number of hydrogen-bond donors (Lipinski definition) is 0. The van der Waals surface area contributed by atoms with E-state index in [9.17, 15) is 0 Å². The van der Waals surface area contributed by atoms with Crippen molar-refractivity contribution in [2.75, 3.05) is 0 Å². The summed E-state index contributed by atoms with van der Waals surface area (Å²) >= 11 is 0. The van der Waals surface area contributed by atoms with Gasteiger partial charge in [-0.2, -0.15) is 4.57 Å². The van der Waals surface area contributed by atoms with Gasteiger partial charge in [-0.25, -0.2) is 0 Å². The topological polar surface area (TPSA) is 13.1 Å². The molecule has 2 heterocycles. The molecule has 0 fully saturated rings. The predicted octanol–water partition coefficient (Wildman–Crippen LogP) is 8.00. The summed E-state index contributed by atoms with van der Waals surface area (Å²) in [6.45, 7) is 8.94. The van der Waals surface area contributed by atoms with E-state index in [2.05, 4.69) is 112 Å². The average molecular weight is 431 g/mol. The highest BCUT2D eigenvalue weighted by molar-refractivity contribution is 6.06. The number of ether oxygens (including phenoxy) is 1. The smallest absolute Gasteiger partial charge is 0.256 e. The first-order valence-electron chi connectivity index (χ1n) is 11.7. The normalized spacial score (nSPS) is 12.3. The number of pyridine rings is 1. The van der Waals surface area contributed by atoms with Crippen LogP contribution in [0.1, 0.15) is 36.5 Å². The van der Waals surface area contributed by atoms with Crippen molar-refractivity contribution in [1.29, 1.82) is 0 Å². The molecule has 0 amide bonds. The Balaban J connectivity index is 1.73. The highest BCUT2D eigenvalue weighted by Gasteiger charge is 2.32. The van der Waals surface area contributed by atoms with Crippen molar-refractivity contribution in [2.45, 2.75) is 33.6 Å². The van der Waals surface area contributed by atoms with Gasteiger partial charge in [-0.15, -0.1) is 0 Å². The molecule has 0 N–H and O–H groups in total. The molecule has 0 aliphatic carbocycles. The van der Waals surface area contributed by atoms with Crippen molar-refractivity contribution in [3.63, 3.8) is 0 Å². The second-order valence-corrected chi connectivity index (χ2v) is 9.59. The summed E-state index contributed by atoms with van der Waals surface area (Å²) in [5, 5.41) is 3.69. The molecule has 2 heteroatoms. The number of fused-ring (bicyclic) bond motifs is 3. The molecule has 5 aromatic rings. The quantitative estimate of drug-likeness (QED) is 0.254. The third kappa shape index (κ3) is 2.90. The Morgan fingerprint density at radius 2 is 1.61 bits per heavy atom. The third-order valence-corrected chi connectivity index (χ3v) is 7.24. The van der Waals surface area contributed by atoms with E-state index in [0.29, 0.717) is 5.92 Å². The summed E-state index contributed by atoms with van der Waals surface area (Å²) < 4.78 is 9.01. The molecular weight excluding hydrogens is 402 g/mol. The Morgan fingerprint density at radius 1 is 0.818 bits per heavy atom. The molecule has 1 aliphatic heterocycles. The summed E-state index contributed by atoms with van der Waals surface area (Å²) in [5.74, 6) is 2.34. The lowest BCUT2D eigenvalue weighted by Crippen LogP contribution is -2.33. The number of nitrogens with zero attached hydrogens (tertiary/aromatic N) is 1. The van der Waals surface area contributed by atoms with Gasteiger partial charge in [0, 0.05) is 17.5 Å². The number of aryl methyl sites for hydroxylation is 2. The van der Waals surface area contributed by atoms with Crippen LogP contribution in [0.2, 0.25) is 0 Å². The first kappa shape index (κ1) is 20.0. The van der Waals surface area contributed by atoms with Gasteiger partial charge in [-0.3, -0.25) is 0 Å². The van der Waals surface area contributed by atoms with Crippen LogP contribution in [0.15, 0.2) is 72.8 Å². The van der Waals surface area contributed by atoms with Crippen LogP contribution >= 0.6 is 0 Å². The van der Waals surface area contributed by atoms with Crippen LogP contribution in [0.4, 0.5) is 0 Å². The standard InChI is InChI=1S/C31H28NO/c1-18(2)22-15-23-14-19(3)20(4)29-30(23)27(16-22)33-28-17-25-24(21-10-7-6-8-11-21)12-9-13-26(25)32(5)31(28)29/h6-18H,1-5H3/q+1. The van der Waals surface area contributed by atoms with E-state index < -0.39 is 0 Å². The third-order valence-electron chi connectivity index (χ3n) is 7.24. The second kappa shape index (κ2) is 7.18. The first-order chi connectivity index (χ1) is 15.9. The van der Waals surface area contributed by atoms with Crippen molar-refractivity contribution in [1.82, 2.24) is 0 Å². The minimum Gasteiger partial charge on any atom is -0.450 e. The van der Waals surface area contributed by atoms with E-state index in [0.717, 1.165) is 17.2 Å². The lowest BCUT2D eigenvalue weighted by molar-refractivity contribution is -0.633. The van der Waals surface area contributed by atoms with Gasteiger partial charge in [0.2, 0.25) is 5.52 Å². The summed E-state index contributed by atoms with van der Waals surface area (Å²) in [4.78, 5) is 0. The average Bonchev–Trinajstić information content (AvgIpc) is 2.81. The minimum absolute atomic E-state index is 0.443. The van der Waals surface area contributed by atoms with Gasteiger partial charge < -0.3 is 4.74 Å². The van der Waals surface area contributed by atoms with Crippen LogP contribution in [-0.4, -0.2) is 0 Å². The fraction of sp³-hybridized carbons (Fsp3) is 0.194. The Hall–Kier alpha value is -3.65. The largest absolute Gasteiger partial charge is 0.450 e.